The first-order valence-electron chi connectivity index (χ1n) is 7.24. The van der Waals surface area contributed by atoms with E-state index in [9.17, 15) is 4.79 Å². The second kappa shape index (κ2) is 6.06. The maximum absolute atomic E-state index is 11.9. The number of rotatable bonds is 4. The van der Waals surface area contributed by atoms with Crippen molar-refractivity contribution in [3.8, 4) is 0 Å². The molecular weight excluding hydrogens is 344 g/mol. The average Bonchev–Trinajstić information content (AvgIpc) is 3.09. The Morgan fingerprint density at radius 1 is 1.40 bits per heavy atom. The summed E-state index contributed by atoms with van der Waals surface area (Å²) in [5.74, 6) is 0.420. The van der Waals surface area contributed by atoms with Gasteiger partial charge in [-0.1, -0.05) is 23.3 Å². The molecule has 0 aliphatic heterocycles. The molecule has 25 heavy (non-hydrogen) atoms. The van der Waals surface area contributed by atoms with Gasteiger partial charge in [-0.3, -0.25) is 9.36 Å². The van der Waals surface area contributed by atoms with Gasteiger partial charge in [0.1, 0.15) is 17.4 Å². The normalized spacial score (nSPS) is 12.3. The number of nitrogen functional groups attached to an aromatic ring is 1. The molecule has 128 valence electrons. The number of hydrogen-bond acceptors (Lipinski definition) is 6. The molecule has 3 aromatic heterocycles. The fraction of sp³-hybridized carbons (Fsp3) is 0.125. The van der Waals surface area contributed by atoms with Crippen molar-refractivity contribution in [1.29, 1.82) is 0 Å². The van der Waals surface area contributed by atoms with Crippen molar-refractivity contribution >= 4 is 40.1 Å². The molecule has 0 aliphatic carbocycles. The zero-order chi connectivity index (χ0) is 18.3. The Morgan fingerprint density at radius 3 is 2.68 bits per heavy atom. The van der Waals surface area contributed by atoms with E-state index in [-0.39, 0.29) is 16.4 Å². The number of anilines is 1. The number of aryl methyl sites for hydroxylation is 2. The molecule has 3 aromatic rings. The number of fused-ring (bicyclic) bond motifs is 1. The fourth-order valence-corrected chi connectivity index (χ4v) is 2.82. The summed E-state index contributed by atoms with van der Waals surface area (Å²) >= 11 is 6.39. The first-order valence-corrected chi connectivity index (χ1v) is 7.62. The molecule has 3 heterocycles. The van der Waals surface area contributed by atoms with E-state index < -0.39 is 5.91 Å². The minimum Gasteiger partial charge on any atom is -0.384 e. The van der Waals surface area contributed by atoms with Crippen LogP contribution in [0.3, 0.4) is 0 Å². The van der Waals surface area contributed by atoms with Crippen LogP contribution in [0.15, 0.2) is 34.6 Å². The highest BCUT2D eigenvalue weighted by atomic mass is 35.5. The van der Waals surface area contributed by atoms with Crippen LogP contribution < -0.4 is 11.5 Å². The number of hydrogen-bond donors (Lipinski definition) is 2. The minimum atomic E-state index is -0.690. The van der Waals surface area contributed by atoms with E-state index in [0.717, 1.165) is 0 Å². The van der Waals surface area contributed by atoms with Crippen molar-refractivity contribution in [3.63, 3.8) is 0 Å². The van der Waals surface area contributed by atoms with Gasteiger partial charge in [-0.25, -0.2) is 9.97 Å². The monoisotopic (exact) mass is 358 g/mol. The molecule has 1 amide bonds. The van der Waals surface area contributed by atoms with Crippen molar-refractivity contribution in [3.05, 3.63) is 52.8 Å². The number of carbonyl (C=O) groups excluding carboxylic acids is 1. The quantitative estimate of drug-likeness (QED) is 0.689. The Kier molecular flexibility index (Phi) is 4.05. The van der Waals surface area contributed by atoms with E-state index in [4.69, 9.17) is 27.6 Å². The van der Waals surface area contributed by atoms with Gasteiger partial charge in [0.05, 0.1) is 33.4 Å². The average molecular weight is 359 g/mol. The molecule has 0 saturated heterocycles. The first kappa shape index (κ1) is 16.7. The zero-order valence-corrected chi connectivity index (χ0v) is 14.3. The van der Waals surface area contributed by atoms with E-state index in [1.165, 1.54) is 23.0 Å². The molecule has 0 spiro atoms. The Hall–Kier alpha value is -3.13. The van der Waals surface area contributed by atoms with Gasteiger partial charge >= 0.3 is 0 Å². The lowest BCUT2D eigenvalue weighted by atomic mass is 10.2. The van der Waals surface area contributed by atoms with Crippen molar-refractivity contribution in [2.75, 3.05) is 5.73 Å². The Morgan fingerprint density at radius 2 is 2.12 bits per heavy atom. The lowest BCUT2D eigenvalue weighted by Gasteiger charge is -2.13. The van der Waals surface area contributed by atoms with Crippen molar-refractivity contribution < 1.29 is 9.32 Å². The number of amides is 1. The van der Waals surface area contributed by atoms with Gasteiger partial charge in [0, 0.05) is 6.20 Å². The van der Waals surface area contributed by atoms with Crippen LogP contribution in [0.5, 0.6) is 0 Å². The van der Waals surface area contributed by atoms with Crippen LogP contribution in [-0.2, 0) is 0 Å². The molecule has 0 atom stereocenters. The van der Waals surface area contributed by atoms with Gasteiger partial charge in [-0.05, 0) is 19.9 Å². The molecule has 0 unspecified atom stereocenters. The highest BCUT2D eigenvalue weighted by molar-refractivity contribution is 6.34. The Bertz CT molecular complexity index is 1050. The molecular formula is C16H15ClN6O2. The number of nitrogens with two attached hydrogens (primary N) is 2. The summed E-state index contributed by atoms with van der Waals surface area (Å²) in [5.41, 5.74) is 13.3. The maximum Gasteiger partial charge on any atom is 0.253 e. The van der Waals surface area contributed by atoms with E-state index >= 15 is 0 Å². The maximum atomic E-state index is 11.9. The van der Waals surface area contributed by atoms with E-state index in [1.807, 2.05) is 0 Å². The van der Waals surface area contributed by atoms with Gasteiger partial charge in [0.15, 0.2) is 5.65 Å². The zero-order valence-electron chi connectivity index (χ0n) is 13.6. The predicted octanol–water partition coefficient (Wildman–Crippen LogP) is 2.36. The van der Waals surface area contributed by atoms with Crippen molar-refractivity contribution in [2.24, 2.45) is 5.73 Å². The molecule has 0 aliphatic rings. The molecule has 4 N–H and O–H groups in total. The van der Waals surface area contributed by atoms with Crippen LogP contribution in [0.1, 0.15) is 27.5 Å². The number of aromatic nitrogens is 4. The summed E-state index contributed by atoms with van der Waals surface area (Å²) in [7, 11) is 0. The predicted molar refractivity (Wildman–Crippen MR) is 94.8 cm³/mol. The largest absolute Gasteiger partial charge is 0.384 e. The summed E-state index contributed by atoms with van der Waals surface area (Å²) < 4.78 is 6.67. The summed E-state index contributed by atoms with van der Waals surface area (Å²) in [6.07, 6.45) is 4.46. The Balaban J connectivity index is 2.50. The van der Waals surface area contributed by atoms with Crippen molar-refractivity contribution in [1.82, 2.24) is 19.7 Å². The van der Waals surface area contributed by atoms with Crippen molar-refractivity contribution in [2.45, 2.75) is 13.8 Å². The van der Waals surface area contributed by atoms with Crippen LogP contribution in [0.4, 0.5) is 5.82 Å². The molecule has 3 rings (SSSR count). The van der Waals surface area contributed by atoms with Crippen LogP contribution in [-0.4, -0.2) is 25.6 Å². The third kappa shape index (κ3) is 2.56. The number of halogens is 1. The van der Waals surface area contributed by atoms with Crippen LogP contribution >= 0.6 is 11.6 Å². The molecule has 0 aromatic carbocycles. The van der Waals surface area contributed by atoms with E-state index in [0.29, 0.717) is 33.9 Å². The number of nitrogens with zero attached hydrogens (tertiary/aromatic N) is 4. The van der Waals surface area contributed by atoms with Gasteiger partial charge < -0.3 is 16.0 Å². The lowest BCUT2D eigenvalue weighted by Crippen LogP contribution is -2.14. The highest BCUT2D eigenvalue weighted by Gasteiger charge is 2.26. The number of allylic oxidation sites excluding steroid dienone is 2. The smallest absolute Gasteiger partial charge is 0.253 e. The number of primary amides is 1. The lowest BCUT2D eigenvalue weighted by molar-refractivity contribution is 0.100. The van der Waals surface area contributed by atoms with Gasteiger partial charge in [-0.2, -0.15) is 0 Å². The summed E-state index contributed by atoms with van der Waals surface area (Å²) in [5, 5.41) is 4.48. The molecule has 0 fully saturated rings. The third-order valence-corrected chi connectivity index (χ3v) is 4.08. The minimum absolute atomic E-state index is 0.0954. The van der Waals surface area contributed by atoms with E-state index in [2.05, 4.69) is 21.7 Å². The molecule has 0 radical (unpaired) electrons. The van der Waals surface area contributed by atoms with Crippen LogP contribution in [0.25, 0.3) is 16.7 Å². The highest BCUT2D eigenvalue weighted by Crippen LogP contribution is 2.35. The molecule has 8 nitrogen and oxygen atoms in total. The van der Waals surface area contributed by atoms with Gasteiger partial charge in [0.2, 0.25) is 0 Å². The first-order chi connectivity index (χ1) is 11.9. The second-order valence-electron chi connectivity index (χ2n) is 5.31. The SMILES string of the molecule is C=C/C(Cl)=C(\c1cnoc1C)n1c(N)c(C(N)=O)c2cnc(C)nc21. The fourth-order valence-electron chi connectivity index (χ4n) is 2.63. The molecule has 0 bridgehead atoms. The standard InChI is InChI=1S/C16H15ClN6O2/c1-4-11(17)13(9-6-21-25-7(9)2)23-14(18)12(15(19)24)10-5-20-8(3)22-16(10)23/h4-6H,1,18H2,2-3H3,(H2,19,24)/b13-11-. The summed E-state index contributed by atoms with van der Waals surface area (Å²) in [6, 6.07) is 0. The topological polar surface area (TPSA) is 126 Å². The Labute approximate surface area is 147 Å². The second-order valence-corrected chi connectivity index (χ2v) is 5.72. The van der Waals surface area contributed by atoms with E-state index in [1.54, 1.807) is 13.8 Å². The summed E-state index contributed by atoms with van der Waals surface area (Å²) in [4.78, 5) is 20.4. The molecule has 9 heteroatoms. The number of carbonyl (C=O) groups is 1. The summed E-state index contributed by atoms with van der Waals surface area (Å²) in [6.45, 7) is 7.15. The van der Waals surface area contributed by atoms with Crippen LogP contribution in [0.2, 0.25) is 0 Å². The van der Waals surface area contributed by atoms with Gasteiger partial charge in [-0.15, -0.1) is 0 Å². The van der Waals surface area contributed by atoms with Crippen LogP contribution in [0, 0.1) is 13.8 Å². The third-order valence-electron chi connectivity index (χ3n) is 3.75. The molecule has 0 saturated carbocycles. The van der Waals surface area contributed by atoms with Gasteiger partial charge in [0.25, 0.3) is 5.91 Å².